The minimum Gasteiger partial charge on any atom is -0.465 e. The molecule has 0 saturated heterocycles. The van der Waals surface area contributed by atoms with Gasteiger partial charge < -0.3 is 4.74 Å². The van der Waals surface area contributed by atoms with Crippen molar-refractivity contribution in [3.63, 3.8) is 0 Å². The largest absolute Gasteiger partial charge is 2.00 e. The molecule has 0 radical (unpaired) electrons. The van der Waals surface area contributed by atoms with Crippen LogP contribution in [0.2, 0.25) is 0 Å². The van der Waals surface area contributed by atoms with E-state index < -0.39 is 0 Å². The molecule has 2 nitrogen and oxygen atoms in total. The van der Waals surface area contributed by atoms with Crippen molar-refractivity contribution in [2.24, 2.45) is 0 Å². The number of benzene rings is 1. The molecule has 0 aliphatic carbocycles. The van der Waals surface area contributed by atoms with Gasteiger partial charge in [-0.15, -0.1) is 0 Å². The van der Waals surface area contributed by atoms with E-state index in [1.54, 1.807) is 12.1 Å². The molecule has 0 aliphatic heterocycles. The van der Waals surface area contributed by atoms with Gasteiger partial charge in [-0.1, -0.05) is 17.7 Å². The molecule has 3 heteroatoms. The van der Waals surface area contributed by atoms with Crippen molar-refractivity contribution in [2.45, 2.75) is 6.42 Å². The van der Waals surface area contributed by atoms with Gasteiger partial charge in [0, 0.05) is 0 Å². The van der Waals surface area contributed by atoms with E-state index in [1.165, 1.54) is 18.2 Å². The fourth-order valence-electron chi connectivity index (χ4n) is 1.96. The smallest absolute Gasteiger partial charge is 0.465 e. The Labute approximate surface area is 141 Å². The van der Waals surface area contributed by atoms with Gasteiger partial charge in [-0.25, -0.2) is 29.1 Å². The minimum atomic E-state index is -0.292. The number of carbonyl (C=O) groups excluding carboxylic acids is 1. The summed E-state index contributed by atoms with van der Waals surface area (Å²) in [4.78, 5) is 11.2. The summed E-state index contributed by atoms with van der Waals surface area (Å²) in [5.74, 6) is -0.292. The molecular weight excluding hydrogens is 316 g/mol. The standard InChI is InChI=1S/C14H13O2.C5H5.Fe/c1-16-14(15)13-8-6-12(7-9-13)10-11-4-2-3-5-11;1-2-4-5-3-1;/h2-9H,10H2,1H3;1-5H;/q2*-1;+2. The Kier molecular flexibility index (Phi) is 7.98. The predicted molar refractivity (Wildman–Crippen MR) is 84.7 cm³/mol. The van der Waals surface area contributed by atoms with E-state index in [1.807, 2.05) is 54.6 Å². The molecule has 0 aromatic heterocycles. The van der Waals surface area contributed by atoms with Crippen molar-refractivity contribution in [3.8, 4) is 0 Å². The van der Waals surface area contributed by atoms with Crippen LogP contribution in [-0.2, 0) is 28.2 Å². The molecule has 0 bridgehead atoms. The number of methoxy groups -OCH3 is 1. The summed E-state index contributed by atoms with van der Waals surface area (Å²) < 4.78 is 4.64. The Bertz CT molecular complexity index is 605. The number of ether oxygens (including phenoxy) is 1. The van der Waals surface area contributed by atoms with Crippen molar-refractivity contribution in [3.05, 3.63) is 95.6 Å². The van der Waals surface area contributed by atoms with Crippen molar-refractivity contribution >= 4 is 5.97 Å². The first-order chi connectivity index (χ1) is 10.3. The quantitative estimate of drug-likeness (QED) is 0.408. The van der Waals surface area contributed by atoms with E-state index in [2.05, 4.69) is 16.9 Å². The maximum absolute atomic E-state index is 11.2. The van der Waals surface area contributed by atoms with Crippen LogP contribution in [0.15, 0.2) is 78.9 Å². The minimum absolute atomic E-state index is 0. The van der Waals surface area contributed by atoms with Crippen molar-refractivity contribution < 1.29 is 26.6 Å². The molecule has 0 aliphatic rings. The third-order valence-electron chi connectivity index (χ3n) is 3.07. The number of hydrogen-bond acceptors (Lipinski definition) is 2. The molecule has 0 atom stereocenters. The van der Waals surface area contributed by atoms with Crippen LogP contribution in [0, 0.1) is 0 Å². The normalized spacial score (nSPS) is 9.14. The van der Waals surface area contributed by atoms with Crippen LogP contribution in [0.4, 0.5) is 0 Å². The van der Waals surface area contributed by atoms with Gasteiger partial charge in [0.15, 0.2) is 0 Å². The molecule has 0 N–H and O–H groups in total. The summed E-state index contributed by atoms with van der Waals surface area (Å²) in [6.07, 6.45) is 0.897. The Hall–Kier alpha value is -2.09. The maximum atomic E-state index is 11.2. The number of hydrogen-bond donors (Lipinski definition) is 0. The second kappa shape index (κ2) is 9.77. The fraction of sp³-hybridized carbons (Fsp3) is 0.105. The first-order valence-corrected chi connectivity index (χ1v) is 6.84. The van der Waals surface area contributed by atoms with E-state index >= 15 is 0 Å². The van der Waals surface area contributed by atoms with Crippen LogP contribution in [-0.4, -0.2) is 13.1 Å². The monoisotopic (exact) mass is 334 g/mol. The fourth-order valence-corrected chi connectivity index (χ4v) is 1.96. The number of rotatable bonds is 3. The van der Waals surface area contributed by atoms with Gasteiger partial charge in [0.25, 0.3) is 0 Å². The van der Waals surface area contributed by atoms with Crippen molar-refractivity contribution in [2.75, 3.05) is 7.11 Å². The summed E-state index contributed by atoms with van der Waals surface area (Å²) >= 11 is 0. The van der Waals surface area contributed by atoms with Crippen molar-refractivity contribution in [1.29, 1.82) is 0 Å². The van der Waals surface area contributed by atoms with Crippen LogP contribution < -0.4 is 0 Å². The van der Waals surface area contributed by atoms with Gasteiger partial charge in [-0.05, 0) is 18.6 Å². The predicted octanol–water partition coefficient (Wildman–Crippen LogP) is 4.19. The second-order valence-electron chi connectivity index (χ2n) is 4.62. The average molecular weight is 334 g/mol. The first-order valence-electron chi connectivity index (χ1n) is 6.84. The average Bonchev–Trinajstić information content (AvgIpc) is 3.23. The van der Waals surface area contributed by atoms with Crippen LogP contribution in [0.3, 0.4) is 0 Å². The summed E-state index contributed by atoms with van der Waals surface area (Å²) in [5.41, 5.74) is 3.07. The molecule has 0 amide bonds. The summed E-state index contributed by atoms with van der Waals surface area (Å²) in [5, 5.41) is 0. The molecule has 22 heavy (non-hydrogen) atoms. The molecular formula is C19H18FeO2. The third kappa shape index (κ3) is 5.72. The Morgan fingerprint density at radius 2 is 1.64 bits per heavy atom. The van der Waals surface area contributed by atoms with Crippen LogP contribution >= 0.6 is 0 Å². The molecule has 0 spiro atoms. The Morgan fingerprint density at radius 3 is 2.09 bits per heavy atom. The zero-order valence-corrected chi connectivity index (χ0v) is 13.5. The molecule has 0 fully saturated rings. The number of esters is 1. The SMILES string of the molecule is COC(=O)c1ccc(C[c-]2cccc2)cc1.[Fe+2].c1cc[cH-]c1. The molecule has 0 saturated carbocycles. The van der Waals surface area contributed by atoms with Gasteiger partial charge >= 0.3 is 23.0 Å². The van der Waals surface area contributed by atoms with E-state index in [9.17, 15) is 4.79 Å². The third-order valence-corrected chi connectivity index (χ3v) is 3.07. The second-order valence-corrected chi connectivity index (χ2v) is 4.62. The van der Waals surface area contributed by atoms with E-state index in [4.69, 9.17) is 0 Å². The Balaban J connectivity index is 0.000000344. The van der Waals surface area contributed by atoms with Crippen molar-refractivity contribution in [1.82, 2.24) is 0 Å². The molecule has 114 valence electrons. The van der Waals surface area contributed by atoms with Gasteiger partial charge in [0.1, 0.15) is 0 Å². The van der Waals surface area contributed by atoms with E-state index in [0.717, 1.165) is 6.42 Å². The summed E-state index contributed by atoms with van der Waals surface area (Å²) in [7, 11) is 1.39. The molecule has 3 aromatic rings. The van der Waals surface area contributed by atoms with E-state index in [0.29, 0.717) is 5.56 Å². The van der Waals surface area contributed by atoms with Crippen LogP contribution in [0.25, 0.3) is 0 Å². The van der Waals surface area contributed by atoms with Gasteiger partial charge in [0.2, 0.25) is 0 Å². The molecule has 3 rings (SSSR count). The molecule has 3 aromatic carbocycles. The summed E-state index contributed by atoms with van der Waals surface area (Å²) in [6.45, 7) is 0. The zero-order chi connectivity index (χ0) is 14.9. The zero-order valence-electron chi connectivity index (χ0n) is 12.4. The van der Waals surface area contributed by atoms with Crippen LogP contribution in [0.1, 0.15) is 21.5 Å². The Morgan fingerprint density at radius 1 is 1.05 bits per heavy atom. The first kappa shape index (κ1) is 18.0. The topological polar surface area (TPSA) is 26.3 Å². The molecule has 0 heterocycles. The van der Waals surface area contributed by atoms with Gasteiger partial charge in [-0.2, -0.15) is 35.9 Å². The molecule has 0 unspecified atom stereocenters. The maximum Gasteiger partial charge on any atom is 2.00 e. The van der Waals surface area contributed by atoms with E-state index in [-0.39, 0.29) is 23.0 Å². The van der Waals surface area contributed by atoms with Crippen LogP contribution in [0.5, 0.6) is 0 Å². The van der Waals surface area contributed by atoms with Gasteiger partial charge in [0.05, 0.1) is 12.7 Å². The van der Waals surface area contributed by atoms with Gasteiger partial charge in [-0.3, -0.25) is 0 Å². The summed E-state index contributed by atoms with van der Waals surface area (Å²) in [6, 6.07) is 25.7. The number of carbonyl (C=O) groups is 1.